The molecule has 3 aromatic carbocycles. The Hall–Kier alpha value is -2.70. The Morgan fingerprint density at radius 1 is 0.684 bits per heavy atom. The summed E-state index contributed by atoms with van der Waals surface area (Å²) in [6.07, 6.45) is 3.73. The average Bonchev–Trinajstić information content (AvgIpc) is 2.73. The van der Waals surface area contributed by atoms with Crippen LogP contribution in [-0.4, -0.2) is 12.1 Å². The first-order chi connectivity index (χ1) is 9.45. The van der Waals surface area contributed by atoms with Crippen LogP contribution in [0.4, 0.5) is 0 Å². The fourth-order valence-electron chi connectivity index (χ4n) is 2.70. The number of benzene rings is 3. The largest absolute Gasteiger partial charge is 0.150 e. The van der Waals surface area contributed by atoms with Crippen molar-refractivity contribution in [3.05, 3.63) is 59.7 Å². The van der Waals surface area contributed by atoms with Crippen LogP contribution in [0.1, 0.15) is 11.1 Å². The lowest BCUT2D eigenvalue weighted by atomic mass is 9.92. The third-order valence-corrected chi connectivity index (χ3v) is 3.53. The minimum Gasteiger partial charge on any atom is -0.150 e. The van der Waals surface area contributed by atoms with Gasteiger partial charge in [0, 0.05) is 23.1 Å². The number of hydrogen-bond acceptors (Lipinski definition) is 2. The van der Waals surface area contributed by atoms with Gasteiger partial charge in [-0.1, -0.05) is 48.5 Å². The van der Waals surface area contributed by atoms with Crippen LogP contribution in [0.5, 0.6) is 0 Å². The molecule has 1 aliphatic rings. The summed E-state index contributed by atoms with van der Waals surface area (Å²) in [6.45, 7) is 0. The zero-order chi connectivity index (χ0) is 12.7. The molecule has 0 saturated heterocycles. The predicted octanol–water partition coefficient (Wildman–Crippen LogP) is 4.02. The van der Waals surface area contributed by atoms with Crippen LogP contribution in [-0.2, 0) is 0 Å². The van der Waals surface area contributed by atoms with Crippen molar-refractivity contribution in [1.82, 2.24) is 0 Å². The van der Waals surface area contributed by atoms with Crippen molar-refractivity contribution < 1.29 is 0 Å². The molecule has 0 aromatic heterocycles. The summed E-state index contributed by atoms with van der Waals surface area (Å²) >= 11 is 0. The molecule has 0 radical (unpaired) electrons. The van der Waals surface area contributed by atoms with Crippen molar-refractivity contribution in [1.29, 1.82) is 0 Å². The van der Waals surface area contributed by atoms with Gasteiger partial charge < -0.3 is 0 Å². The Kier molecular flexibility index (Phi) is 2.11. The van der Waals surface area contributed by atoms with E-state index in [4.69, 9.17) is 0 Å². The standard InChI is InChI=1S/C17H10N2/c1-2-7-14-12(5-1)13-6-3-4-8-15(13)17-11-19-18-10-9-16(14)17/h1-9,11H. The molecule has 2 heteroatoms. The second kappa shape index (κ2) is 3.91. The fourth-order valence-corrected chi connectivity index (χ4v) is 2.70. The van der Waals surface area contributed by atoms with E-state index in [-0.39, 0.29) is 0 Å². The number of hydrogen-bond donors (Lipinski definition) is 0. The maximum Gasteiger partial charge on any atom is 0.0588 e. The molecule has 88 valence electrons. The molecule has 19 heavy (non-hydrogen) atoms. The van der Waals surface area contributed by atoms with Crippen LogP contribution in [0, 0.1) is 0 Å². The third kappa shape index (κ3) is 1.44. The Balaban J connectivity index is 2.36. The highest BCUT2D eigenvalue weighted by Gasteiger charge is 2.11. The lowest BCUT2D eigenvalue weighted by molar-refractivity contribution is 1.28. The van der Waals surface area contributed by atoms with E-state index < -0.39 is 0 Å². The summed E-state index contributed by atoms with van der Waals surface area (Å²) in [5, 5.41) is 12.8. The average molecular weight is 242 g/mol. The molecule has 0 unspecified atom stereocenters. The van der Waals surface area contributed by atoms with Crippen LogP contribution in [0.25, 0.3) is 27.6 Å². The van der Waals surface area contributed by atoms with Crippen LogP contribution >= 0.6 is 0 Å². The fraction of sp³-hybridized carbons (Fsp3) is 0. The summed E-state index contributed by atoms with van der Waals surface area (Å²) in [4.78, 5) is 0. The minimum atomic E-state index is 1.11. The highest BCUT2D eigenvalue weighted by molar-refractivity contribution is 6.19. The van der Waals surface area contributed by atoms with E-state index in [1.165, 1.54) is 21.5 Å². The van der Waals surface area contributed by atoms with Crippen LogP contribution in [0.2, 0.25) is 0 Å². The van der Waals surface area contributed by atoms with Crippen molar-refractivity contribution in [2.45, 2.75) is 0 Å². The Morgan fingerprint density at radius 3 is 1.95 bits per heavy atom. The molecule has 0 bridgehead atoms. The van der Waals surface area contributed by atoms with E-state index in [1.54, 1.807) is 0 Å². The van der Waals surface area contributed by atoms with Gasteiger partial charge in [-0.3, -0.25) is 0 Å². The Morgan fingerprint density at radius 2 is 1.26 bits per heavy atom. The molecule has 1 heterocycles. The van der Waals surface area contributed by atoms with Crippen molar-refractivity contribution in [2.24, 2.45) is 10.2 Å². The minimum absolute atomic E-state index is 1.11. The molecule has 0 N–H and O–H groups in total. The van der Waals surface area contributed by atoms with Gasteiger partial charge in [0.2, 0.25) is 0 Å². The SMILES string of the molecule is C1=Cc2c(c3ccccc3c3ccccc23)C=NN=1. The van der Waals surface area contributed by atoms with Crippen molar-refractivity contribution >= 4 is 39.7 Å². The zero-order valence-electron chi connectivity index (χ0n) is 10.2. The number of rotatable bonds is 0. The van der Waals surface area contributed by atoms with Gasteiger partial charge in [0.05, 0.1) is 6.21 Å². The molecule has 0 amide bonds. The molecule has 1 aliphatic heterocycles. The van der Waals surface area contributed by atoms with Gasteiger partial charge >= 0.3 is 0 Å². The Labute approximate surface area is 110 Å². The van der Waals surface area contributed by atoms with Gasteiger partial charge in [-0.05, 0) is 21.5 Å². The predicted molar refractivity (Wildman–Crippen MR) is 80.9 cm³/mol. The molecule has 0 fully saturated rings. The number of fused-ring (bicyclic) bond motifs is 6. The van der Waals surface area contributed by atoms with E-state index in [1.807, 2.05) is 12.3 Å². The molecule has 0 spiro atoms. The van der Waals surface area contributed by atoms with Crippen LogP contribution in [0.3, 0.4) is 0 Å². The Bertz CT molecular complexity index is 898. The highest BCUT2D eigenvalue weighted by atomic mass is 15.2. The molecule has 0 saturated carbocycles. The molecule has 3 aromatic rings. The van der Waals surface area contributed by atoms with E-state index in [9.17, 15) is 0 Å². The highest BCUT2D eigenvalue weighted by Crippen LogP contribution is 2.32. The second-order valence-electron chi connectivity index (χ2n) is 4.54. The molecule has 2 nitrogen and oxygen atoms in total. The smallest absolute Gasteiger partial charge is 0.0588 e. The van der Waals surface area contributed by atoms with Crippen LogP contribution < -0.4 is 0 Å². The second-order valence-corrected chi connectivity index (χ2v) is 4.54. The van der Waals surface area contributed by atoms with Gasteiger partial charge in [0.1, 0.15) is 0 Å². The summed E-state index contributed by atoms with van der Waals surface area (Å²) in [5.74, 6) is 2.86. The summed E-state index contributed by atoms with van der Waals surface area (Å²) in [7, 11) is 0. The molecule has 4 rings (SSSR count). The normalized spacial score (nSPS) is 12.8. The van der Waals surface area contributed by atoms with Crippen molar-refractivity contribution in [3.63, 3.8) is 0 Å². The van der Waals surface area contributed by atoms with Gasteiger partial charge in [-0.2, -0.15) is 0 Å². The van der Waals surface area contributed by atoms with Gasteiger partial charge in [-0.15, -0.1) is 10.2 Å². The maximum atomic E-state index is 4.03. The van der Waals surface area contributed by atoms with Crippen molar-refractivity contribution in [2.75, 3.05) is 0 Å². The van der Waals surface area contributed by atoms with Gasteiger partial charge in [0.25, 0.3) is 0 Å². The first-order valence-corrected chi connectivity index (χ1v) is 6.20. The third-order valence-electron chi connectivity index (χ3n) is 3.53. The van der Waals surface area contributed by atoms with Gasteiger partial charge in [-0.25, -0.2) is 0 Å². The lowest BCUT2D eigenvalue weighted by Crippen LogP contribution is -1.92. The monoisotopic (exact) mass is 242 g/mol. The van der Waals surface area contributed by atoms with E-state index in [0.29, 0.717) is 0 Å². The van der Waals surface area contributed by atoms with Gasteiger partial charge in [0.15, 0.2) is 0 Å². The zero-order valence-corrected chi connectivity index (χ0v) is 10.2. The number of nitrogens with zero attached hydrogens (tertiary/aromatic N) is 2. The van der Waals surface area contributed by atoms with Crippen molar-refractivity contribution in [3.8, 4) is 0 Å². The van der Waals surface area contributed by atoms with Crippen LogP contribution in [0.15, 0.2) is 58.7 Å². The summed E-state index contributed by atoms with van der Waals surface area (Å²) in [6, 6.07) is 16.8. The lowest BCUT2D eigenvalue weighted by Gasteiger charge is -2.11. The summed E-state index contributed by atoms with van der Waals surface area (Å²) in [5.41, 5.74) is 2.25. The maximum absolute atomic E-state index is 4.03. The quantitative estimate of drug-likeness (QED) is 0.532. The summed E-state index contributed by atoms with van der Waals surface area (Å²) < 4.78 is 0. The topological polar surface area (TPSA) is 24.7 Å². The molecule has 0 aliphatic carbocycles. The molecular weight excluding hydrogens is 232 g/mol. The molecule has 0 atom stereocenters. The van der Waals surface area contributed by atoms with E-state index >= 15 is 0 Å². The molecular formula is C17H10N2. The van der Waals surface area contributed by atoms with E-state index in [0.717, 1.165) is 11.1 Å². The first kappa shape index (κ1) is 10.2. The first-order valence-electron chi connectivity index (χ1n) is 6.20. The van der Waals surface area contributed by atoms with E-state index in [2.05, 4.69) is 64.6 Å².